The highest BCUT2D eigenvalue weighted by Crippen LogP contribution is 1.97. The summed E-state index contributed by atoms with van der Waals surface area (Å²) in [5, 5.41) is 0. The van der Waals surface area contributed by atoms with Crippen molar-refractivity contribution in [3.8, 4) is 0 Å². The largest absolute Gasteiger partial charge is 0.401 e. The summed E-state index contributed by atoms with van der Waals surface area (Å²) >= 11 is 0. The Kier molecular flexibility index (Phi) is 4.74. The predicted octanol–water partition coefficient (Wildman–Crippen LogP) is -1.24. The second kappa shape index (κ2) is 4.83. The zero-order chi connectivity index (χ0) is 10.5. The van der Waals surface area contributed by atoms with Gasteiger partial charge in [0.1, 0.15) is 0 Å². The summed E-state index contributed by atoms with van der Waals surface area (Å²) in [6.07, 6.45) is 0. The van der Waals surface area contributed by atoms with Crippen molar-refractivity contribution < 1.29 is 33.6 Å². The molecule has 0 saturated carbocycles. The minimum atomic E-state index is -4.20. The molecule has 10 heteroatoms. The van der Waals surface area contributed by atoms with E-state index in [1.165, 1.54) is 0 Å². The lowest BCUT2D eigenvalue weighted by Gasteiger charge is -2.02. The SMILES string of the molecule is COS(=O)(=O)OCOS(=O)(=O)OC. The maximum absolute atomic E-state index is 10.4. The summed E-state index contributed by atoms with van der Waals surface area (Å²) in [7, 11) is -6.70. The van der Waals surface area contributed by atoms with Crippen molar-refractivity contribution in [1.82, 2.24) is 0 Å². The minimum Gasteiger partial charge on any atom is -0.251 e. The first-order chi connectivity index (χ1) is 5.83. The second-order valence-corrected chi connectivity index (χ2v) is 4.27. The molecule has 0 radical (unpaired) electrons. The molecule has 0 fully saturated rings. The maximum Gasteiger partial charge on any atom is 0.401 e. The molecule has 0 amide bonds. The first kappa shape index (κ1) is 12.7. The van der Waals surface area contributed by atoms with Gasteiger partial charge in [0.05, 0.1) is 14.2 Å². The molecule has 0 atom stereocenters. The van der Waals surface area contributed by atoms with Crippen LogP contribution in [0.25, 0.3) is 0 Å². The predicted molar refractivity (Wildman–Crippen MR) is 38.9 cm³/mol. The van der Waals surface area contributed by atoms with Gasteiger partial charge in [-0.15, -0.1) is 0 Å². The topological polar surface area (TPSA) is 105 Å². The van der Waals surface area contributed by atoms with Crippen LogP contribution in [-0.4, -0.2) is 37.8 Å². The standard InChI is InChI=1S/C3H8O8S2/c1-8-12(4,5)10-3-11-13(6,7)9-2/h3H2,1-2H3. The molecule has 0 aliphatic rings. The molecular formula is C3H8O8S2. The fourth-order valence-electron chi connectivity index (χ4n) is 0.234. The first-order valence-electron chi connectivity index (χ1n) is 2.73. The Morgan fingerprint density at radius 1 is 0.846 bits per heavy atom. The molecule has 0 aromatic rings. The zero-order valence-corrected chi connectivity index (χ0v) is 8.42. The quantitative estimate of drug-likeness (QED) is 0.527. The molecule has 13 heavy (non-hydrogen) atoms. The van der Waals surface area contributed by atoms with E-state index in [2.05, 4.69) is 16.7 Å². The second-order valence-electron chi connectivity index (χ2n) is 1.50. The van der Waals surface area contributed by atoms with Crippen LogP contribution >= 0.6 is 0 Å². The van der Waals surface area contributed by atoms with Crippen LogP contribution in [0.4, 0.5) is 0 Å². The van der Waals surface area contributed by atoms with Crippen LogP contribution < -0.4 is 0 Å². The van der Waals surface area contributed by atoms with Crippen molar-refractivity contribution in [3.05, 3.63) is 0 Å². The lowest BCUT2D eigenvalue weighted by Crippen LogP contribution is -2.15. The highest BCUT2D eigenvalue weighted by Gasteiger charge is 2.13. The third kappa shape index (κ3) is 5.90. The number of rotatable bonds is 6. The highest BCUT2D eigenvalue weighted by molar-refractivity contribution is 7.82. The van der Waals surface area contributed by atoms with Gasteiger partial charge in [0.2, 0.25) is 0 Å². The number of hydrogen-bond acceptors (Lipinski definition) is 8. The summed E-state index contributed by atoms with van der Waals surface area (Å²) < 4.78 is 57.1. The van der Waals surface area contributed by atoms with E-state index in [1.807, 2.05) is 0 Å². The molecule has 0 aromatic carbocycles. The lowest BCUT2D eigenvalue weighted by molar-refractivity contribution is 0.0959. The van der Waals surface area contributed by atoms with Gasteiger partial charge < -0.3 is 0 Å². The van der Waals surface area contributed by atoms with Crippen molar-refractivity contribution in [2.75, 3.05) is 21.0 Å². The summed E-state index contributed by atoms with van der Waals surface area (Å²) in [5.74, 6) is 0. The molecule has 0 aliphatic heterocycles. The van der Waals surface area contributed by atoms with Gasteiger partial charge in [-0.1, -0.05) is 0 Å². The van der Waals surface area contributed by atoms with Crippen LogP contribution in [0, 0.1) is 0 Å². The molecule has 0 bridgehead atoms. The summed E-state index contributed by atoms with van der Waals surface area (Å²) in [6.45, 7) is -1.04. The average Bonchev–Trinajstić information content (AvgIpc) is 2.04. The van der Waals surface area contributed by atoms with Crippen molar-refractivity contribution in [1.29, 1.82) is 0 Å². The fraction of sp³-hybridized carbons (Fsp3) is 1.00. The molecule has 0 saturated heterocycles. The van der Waals surface area contributed by atoms with Crippen LogP contribution in [0.3, 0.4) is 0 Å². The van der Waals surface area contributed by atoms with E-state index in [9.17, 15) is 16.8 Å². The van der Waals surface area contributed by atoms with E-state index in [0.29, 0.717) is 0 Å². The molecule has 0 aliphatic carbocycles. The van der Waals surface area contributed by atoms with Gasteiger partial charge in [-0.05, 0) is 0 Å². The van der Waals surface area contributed by atoms with Crippen molar-refractivity contribution in [3.63, 3.8) is 0 Å². The Morgan fingerprint density at radius 2 is 1.15 bits per heavy atom. The first-order valence-corrected chi connectivity index (χ1v) is 5.39. The van der Waals surface area contributed by atoms with E-state index < -0.39 is 27.6 Å². The summed E-state index contributed by atoms with van der Waals surface area (Å²) in [6, 6.07) is 0. The number of hydrogen-bond donors (Lipinski definition) is 0. The Labute approximate surface area is 76.0 Å². The van der Waals surface area contributed by atoms with Crippen molar-refractivity contribution in [2.45, 2.75) is 0 Å². The third-order valence-electron chi connectivity index (χ3n) is 0.793. The molecule has 0 spiro atoms. The van der Waals surface area contributed by atoms with Gasteiger partial charge >= 0.3 is 20.8 Å². The highest BCUT2D eigenvalue weighted by atomic mass is 32.3. The molecule has 80 valence electrons. The van der Waals surface area contributed by atoms with E-state index in [-0.39, 0.29) is 0 Å². The molecule has 0 rings (SSSR count). The molecular weight excluding hydrogens is 228 g/mol. The van der Waals surface area contributed by atoms with Crippen LogP contribution in [0.2, 0.25) is 0 Å². The summed E-state index contributed by atoms with van der Waals surface area (Å²) in [5.41, 5.74) is 0. The molecule has 0 unspecified atom stereocenters. The maximum atomic E-state index is 10.4. The Bertz CT molecular complexity index is 290. The monoisotopic (exact) mass is 236 g/mol. The normalized spacial score (nSPS) is 13.1. The van der Waals surface area contributed by atoms with Gasteiger partial charge in [0, 0.05) is 0 Å². The van der Waals surface area contributed by atoms with Crippen LogP contribution in [-0.2, 0) is 37.5 Å². The molecule has 8 nitrogen and oxygen atoms in total. The van der Waals surface area contributed by atoms with E-state index >= 15 is 0 Å². The lowest BCUT2D eigenvalue weighted by atomic mass is 11.6. The fourth-order valence-corrected chi connectivity index (χ4v) is 0.819. The van der Waals surface area contributed by atoms with Crippen molar-refractivity contribution in [2.24, 2.45) is 0 Å². The zero-order valence-electron chi connectivity index (χ0n) is 6.79. The smallest absolute Gasteiger partial charge is 0.251 e. The third-order valence-corrected chi connectivity index (χ3v) is 2.38. The van der Waals surface area contributed by atoms with Gasteiger partial charge in [-0.2, -0.15) is 16.8 Å². The van der Waals surface area contributed by atoms with Gasteiger partial charge in [0.15, 0.2) is 6.79 Å². The average molecular weight is 236 g/mol. The van der Waals surface area contributed by atoms with Gasteiger partial charge in [0.25, 0.3) is 0 Å². The van der Waals surface area contributed by atoms with Crippen molar-refractivity contribution >= 4 is 20.8 Å². The van der Waals surface area contributed by atoms with E-state index in [0.717, 1.165) is 14.2 Å². The molecule has 0 aromatic heterocycles. The van der Waals surface area contributed by atoms with Crippen LogP contribution in [0.5, 0.6) is 0 Å². The Balaban J connectivity index is 3.96. The van der Waals surface area contributed by atoms with Gasteiger partial charge in [-0.3, -0.25) is 8.37 Å². The molecule has 0 heterocycles. The van der Waals surface area contributed by atoms with Crippen LogP contribution in [0.15, 0.2) is 0 Å². The summed E-state index contributed by atoms with van der Waals surface area (Å²) in [4.78, 5) is 0. The van der Waals surface area contributed by atoms with E-state index in [4.69, 9.17) is 0 Å². The molecule has 0 N–H and O–H groups in total. The minimum absolute atomic E-state index is 0.847. The van der Waals surface area contributed by atoms with Crippen LogP contribution in [0.1, 0.15) is 0 Å². The Morgan fingerprint density at radius 3 is 1.38 bits per heavy atom. The Hall–Kier alpha value is -0.260. The van der Waals surface area contributed by atoms with E-state index in [1.54, 1.807) is 0 Å². The van der Waals surface area contributed by atoms with Gasteiger partial charge in [-0.25, -0.2) is 8.37 Å².